The number of aliphatic hydroxyl groups is 1. The molecule has 0 aliphatic carbocycles. The number of quaternary nitrogens is 1. The smallest absolute Gasteiger partial charge is 0.387 e. The van der Waals surface area contributed by atoms with E-state index in [0.29, 0.717) is 17.4 Å². The van der Waals surface area contributed by atoms with Gasteiger partial charge in [-0.05, 0) is 77.0 Å². The van der Waals surface area contributed by atoms with E-state index in [1.165, 1.54) is 161 Å². The van der Waals surface area contributed by atoms with Crippen LogP contribution in [0.1, 0.15) is 264 Å². The van der Waals surface area contributed by atoms with Gasteiger partial charge >= 0.3 is 7.82 Å². The van der Waals surface area contributed by atoms with Crippen LogP contribution >= 0.6 is 7.82 Å². The molecule has 0 radical (unpaired) electrons. The summed E-state index contributed by atoms with van der Waals surface area (Å²) in [6.45, 7) is 4.71. The number of likely N-dealkylation sites (N-methyl/N-ethyl adjacent to an activating group) is 1. The van der Waals surface area contributed by atoms with Crippen LogP contribution in [0, 0.1) is 0 Å². The van der Waals surface area contributed by atoms with Gasteiger partial charge in [-0.15, -0.1) is 0 Å². The van der Waals surface area contributed by atoms with Crippen molar-refractivity contribution in [2.75, 3.05) is 40.9 Å². The van der Waals surface area contributed by atoms with Crippen LogP contribution in [0.3, 0.4) is 0 Å². The Morgan fingerprint density at radius 1 is 0.467 bits per heavy atom. The molecule has 0 aliphatic heterocycles. The second kappa shape index (κ2) is 56.2. The molecule has 3 N–H and O–H groups in total. The van der Waals surface area contributed by atoms with E-state index < -0.39 is 20.0 Å². The zero-order valence-electron chi connectivity index (χ0n) is 49.5. The Morgan fingerprint density at radius 3 is 1.17 bits per heavy atom. The van der Waals surface area contributed by atoms with Crippen molar-refractivity contribution in [3.63, 3.8) is 0 Å². The molecule has 0 saturated carbocycles. The van der Waals surface area contributed by atoms with Crippen LogP contribution in [0.5, 0.6) is 0 Å². The van der Waals surface area contributed by atoms with Crippen molar-refractivity contribution < 1.29 is 32.9 Å². The van der Waals surface area contributed by atoms with Gasteiger partial charge in [0.2, 0.25) is 5.91 Å². The number of nitrogens with zero attached hydrogens (tertiary/aromatic N) is 1. The summed E-state index contributed by atoms with van der Waals surface area (Å²) in [6.07, 6.45) is 80.8. The molecule has 0 aromatic carbocycles. The minimum Gasteiger partial charge on any atom is -0.387 e. The van der Waals surface area contributed by atoms with E-state index >= 15 is 0 Å². The lowest BCUT2D eigenvalue weighted by atomic mass is 10.0. The highest BCUT2D eigenvalue weighted by atomic mass is 31.2. The van der Waals surface area contributed by atoms with Gasteiger partial charge in [0.05, 0.1) is 39.9 Å². The van der Waals surface area contributed by atoms with E-state index in [0.717, 1.165) is 83.5 Å². The first-order valence-corrected chi connectivity index (χ1v) is 32.6. The Labute approximate surface area is 464 Å². The summed E-state index contributed by atoms with van der Waals surface area (Å²) >= 11 is 0. The first kappa shape index (κ1) is 72.4. The fourth-order valence-electron chi connectivity index (χ4n) is 8.73. The van der Waals surface area contributed by atoms with Crippen molar-refractivity contribution in [3.05, 3.63) is 97.2 Å². The second-order valence-corrected chi connectivity index (χ2v) is 23.5. The Balaban J connectivity index is 4.17. The van der Waals surface area contributed by atoms with Crippen molar-refractivity contribution in [1.82, 2.24) is 5.32 Å². The minimum atomic E-state index is -4.36. The first-order chi connectivity index (χ1) is 36.5. The van der Waals surface area contributed by atoms with Crippen molar-refractivity contribution in [2.24, 2.45) is 0 Å². The van der Waals surface area contributed by atoms with Crippen LogP contribution in [-0.2, 0) is 18.4 Å². The number of amides is 1. The number of hydrogen-bond acceptors (Lipinski definition) is 5. The van der Waals surface area contributed by atoms with Gasteiger partial charge in [0.15, 0.2) is 0 Å². The lowest BCUT2D eigenvalue weighted by Crippen LogP contribution is -2.45. The lowest BCUT2D eigenvalue weighted by molar-refractivity contribution is -0.870. The molecule has 75 heavy (non-hydrogen) atoms. The quantitative estimate of drug-likeness (QED) is 0.0243. The molecule has 0 spiro atoms. The maximum Gasteiger partial charge on any atom is 0.472 e. The van der Waals surface area contributed by atoms with Gasteiger partial charge in [0, 0.05) is 6.42 Å². The number of carbonyl (C=O) groups excluding carboxylic acids is 1. The summed E-state index contributed by atoms with van der Waals surface area (Å²) in [4.78, 5) is 23.4. The van der Waals surface area contributed by atoms with E-state index in [2.05, 4.69) is 104 Å². The fraction of sp³-hybridized carbons (Fsp3) is 0.742. The number of allylic oxidation sites excluding steroid dienone is 15. The third kappa shape index (κ3) is 58.9. The van der Waals surface area contributed by atoms with Crippen molar-refractivity contribution >= 4 is 13.7 Å². The van der Waals surface area contributed by atoms with E-state index in [1.807, 2.05) is 27.2 Å². The Kier molecular flexibility index (Phi) is 54.2. The molecule has 1 amide bonds. The average molecular weight is 1070 g/mol. The van der Waals surface area contributed by atoms with Gasteiger partial charge in [-0.1, -0.05) is 278 Å². The molecule has 0 rings (SSSR count). The number of phosphoric acid groups is 1. The molecule has 9 heteroatoms. The Morgan fingerprint density at radius 2 is 0.800 bits per heavy atom. The van der Waals surface area contributed by atoms with Crippen LogP contribution in [0.4, 0.5) is 0 Å². The Hall–Kier alpha value is -2.58. The third-order valence-electron chi connectivity index (χ3n) is 13.6. The normalized spacial score (nSPS) is 14.5. The zero-order valence-corrected chi connectivity index (χ0v) is 50.4. The van der Waals surface area contributed by atoms with Gasteiger partial charge in [-0.25, -0.2) is 4.57 Å². The van der Waals surface area contributed by atoms with E-state index in [1.54, 1.807) is 6.08 Å². The molecular weight excluding hydrogens is 948 g/mol. The number of unbranched alkanes of at least 4 members (excludes halogenated alkanes) is 29. The average Bonchev–Trinajstić information content (AvgIpc) is 3.37. The van der Waals surface area contributed by atoms with Crippen LogP contribution in [0.15, 0.2) is 97.2 Å². The second-order valence-electron chi connectivity index (χ2n) is 22.1. The van der Waals surface area contributed by atoms with Gasteiger partial charge in [-0.2, -0.15) is 0 Å². The highest BCUT2D eigenvalue weighted by molar-refractivity contribution is 7.47. The minimum absolute atomic E-state index is 0.0574. The molecule has 0 fully saturated rings. The van der Waals surface area contributed by atoms with Gasteiger partial charge < -0.3 is 19.8 Å². The maximum atomic E-state index is 13.0. The van der Waals surface area contributed by atoms with Crippen LogP contribution < -0.4 is 5.32 Å². The highest BCUT2D eigenvalue weighted by Crippen LogP contribution is 2.43. The molecule has 3 unspecified atom stereocenters. The fourth-order valence-corrected chi connectivity index (χ4v) is 9.47. The van der Waals surface area contributed by atoms with Gasteiger partial charge in [-0.3, -0.25) is 13.8 Å². The van der Waals surface area contributed by atoms with E-state index in [4.69, 9.17) is 9.05 Å². The van der Waals surface area contributed by atoms with E-state index in [9.17, 15) is 19.4 Å². The largest absolute Gasteiger partial charge is 0.472 e. The summed E-state index contributed by atoms with van der Waals surface area (Å²) < 4.78 is 23.8. The maximum absolute atomic E-state index is 13.0. The molecule has 434 valence electrons. The molecule has 0 saturated heterocycles. The number of phosphoric ester groups is 1. The molecule has 0 aromatic heterocycles. The first-order valence-electron chi connectivity index (χ1n) is 31.1. The van der Waals surface area contributed by atoms with Crippen LogP contribution in [0.25, 0.3) is 0 Å². The number of carbonyl (C=O) groups is 1. The highest BCUT2D eigenvalue weighted by Gasteiger charge is 2.27. The topological polar surface area (TPSA) is 105 Å². The Bertz CT molecular complexity index is 1540. The molecule has 8 nitrogen and oxygen atoms in total. The van der Waals surface area contributed by atoms with Crippen molar-refractivity contribution in [3.8, 4) is 0 Å². The predicted octanol–water partition coefficient (Wildman–Crippen LogP) is 19.4. The third-order valence-corrected chi connectivity index (χ3v) is 14.5. The number of hydrogen-bond donors (Lipinski definition) is 3. The number of rotatable bonds is 56. The predicted molar refractivity (Wildman–Crippen MR) is 327 cm³/mol. The summed E-state index contributed by atoms with van der Waals surface area (Å²) in [5, 5.41) is 14.0. The summed E-state index contributed by atoms with van der Waals surface area (Å²) in [5.74, 6) is -0.182. The summed E-state index contributed by atoms with van der Waals surface area (Å²) in [5.41, 5.74) is 0. The van der Waals surface area contributed by atoms with Crippen LogP contribution in [0.2, 0.25) is 0 Å². The molecule has 0 heterocycles. The summed E-state index contributed by atoms with van der Waals surface area (Å²) in [7, 11) is 1.57. The molecule has 0 bridgehead atoms. The van der Waals surface area contributed by atoms with Gasteiger partial charge in [0.25, 0.3) is 0 Å². The number of aliphatic hydroxyl groups excluding tert-OH is 1. The van der Waals surface area contributed by atoms with Crippen molar-refractivity contribution in [1.29, 1.82) is 0 Å². The monoisotopic (exact) mass is 1070 g/mol. The molecule has 0 aromatic rings. The molecule has 3 atom stereocenters. The van der Waals surface area contributed by atoms with Crippen molar-refractivity contribution in [2.45, 2.75) is 276 Å². The molecular formula is C66H120N2O6P+. The number of nitrogens with one attached hydrogen (secondary N) is 1. The SMILES string of the molecule is CC/C=C\C/C=C\C/C=C\C/C=C\C/C=C\C/C=C\C/C=C\CCCCCCCCCCCCCC(=O)NC(COP(=O)(O)OCC[N+](C)(C)C)C(O)/C=C/CCCCCCCCCCCCCCCCCCCC. The lowest BCUT2D eigenvalue weighted by Gasteiger charge is -2.25. The summed E-state index contributed by atoms with van der Waals surface area (Å²) in [6, 6.07) is -0.855. The van der Waals surface area contributed by atoms with E-state index in [-0.39, 0.29) is 19.1 Å². The van der Waals surface area contributed by atoms with Gasteiger partial charge in [0.1, 0.15) is 13.2 Å². The zero-order chi connectivity index (χ0) is 54.9. The van der Waals surface area contributed by atoms with Crippen LogP contribution in [-0.4, -0.2) is 73.4 Å². The molecule has 0 aliphatic rings. The standard InChI is InChI=1S/C66H119N2O6P/c1-6-8-10-12-14-16-18-20-22-24-26-28-29-30-31-32-33-34-35-36-37-38-39-40-42-44-46-48-50-52-54-56-58-60-66(70)67-64(63-74-75(71,72)73-62-61-68(3,4)5)65(69)59-57-55-53-51-49-47-45-43-41-27-25-23-21-19-17-15-13-11-9-7-2/h8,10,14,16,20,22,26,28,30-31,33-34,36-37,57,59,64-65,69H,6-7,9,11-13,15,17-19,21,23-25,27,29,32,35,38-56,58,60-63H2,1-5H3,(H-,67,70,71,72)/p+1/b10-8-,16-14-,22-20-,28-26-,31-30-,34-33-,37-36-,59-57+.